The van der Waals surface area contributed by atoms with Gasteiger partial charge in [0, 0.05) is 54.9 Å². The average molecular weight is 463 g/mol. The normalized spacial score (nSPS) is 14.9. The van der Waals surface area contributed by atoms with E-state index in [9.17, 15) is 0 Å². The van der Waals surface area contributed by atoms with Crippen molar-refractivity contribution < 1.29 is 9.13 Å². The van der Waals surface area contributed by atoms with E-state index in [0.717, 1.165) is 37.6 Å². The molecule has 1 fully saturated rings. The smallest absolute Gasteiger partial charge is 0.326 e. The average Bonchev–Trinajstić information content (AvgIpc) is 3.42. The lowest BCUT2D eigenvalue weighted by Gasteiger charge is -2.33. The van der Waals surface area contributed by atoms with Gasteiger partial charge in [-0.15, -0.1) is 0 Å². The molecular weight excluding hydrogens is 435 g/mol. The number of nitrogens with zero attached hydrogens (tertiary/aromatic N) is 5. The molecule has 5 rings (SSSR count). The molecule has 3 aromatic heterocycles. The van der Waals surface area contributed by atoms with E-state index in [2.05, 4.69) is 47.3 Å². The van der Waals surface area contributed by atoms with Gasteiger partial charge in [-0.05, 0) is 45.2 Å². The van der Waals surface area contributed by atoms with Crippen molar-refractivity contribution in [3.05, 3.63) is 53.6 Å². The number of H-pyrrole nitrogens is 2. The first-order chi connectivity index (χ1) is 16.5. The number of halogens is 1. The Kier molecular flexibility index (Phi) is 5.89. The van der Waals surface area contributed by atoms with Gasteiger partial charge in [0.25, 0.3) is 0 Å². The zero-order chi connectivity index (χ0) is 23.7. The van der Waals surface area contributed by atoms with Gasteiger partial charge in [-0.1, -0.05) is 6.08 Å². The Balaban J connectivity index is 1.48. The van der Waals surface area contributed by atoms with E-state index in [1.54, 1.807) is 18.2 Å². The monoisotopic (exact) mass is 462 g/mol. The maximum atomic E-state index is 15.1. The first-order valence-electron chi connectivity index (χ1n) is 11.2. The van der Waals surface area contributed by atoms with Crippen LogP contribution in [-0.4, -0.2) is 63.3 Å². The summed E-state index contributed by atoms with van der Waals surface area (Å²) in [6.07, 6.45) is 3.85. The van der Waals surface area contributed by atoms with E-state index < -0.39 is 5.82 Å². The summed E-state index contributed by atoms with van der Waals surface area (Å²) in [5, 5.41) is 10.9. The minimum absolute atomic E-state index is 0.0636. The van der Waals surface area contributed by atoms with E-state index >= 15 is 4.39 Å². The van der Waals surface area contributed by atoms with Gasteiger partial charge >= 0.3 is 6.01 Å². The summed E-state index contributed by atoms with van der Waals surface area (Å²) in [6.45, 7) is 7.32. The number of hydrogen-bond acceptors (Lipinski definition) is 7. The topological polar surface area (TPSA) is 98.0 Å². The van der Waals surface area contributed by atoms with Crippen LogP contribution in [0.1, 0.15) is 18.3 Å². The Morgan fingerprint density at radius 1 is 1.09 bits per heavy atom. The highest BCUT2D eigenvalue weighted by molar-refractivity contribution is 5.82. The number of nitrogens with one attached hydrogen (secondary N) is 3. The number of benzene rings is 1. The number of aryl methyl sites for hydroxylation is 1. The van der Waals surface area contributed by atoms with Crippen molar-refractivity contribution in [2.75, 3.05) is 43.4 Å². The molecule has 1 aliphatic rings. The van der Waals surface area contributed by atoms with Gasteiger partial charge in [0.2, 0.25) is 0 Å². The minimum Gasteiger partial charge on any atom is -0.421 e. The molecular formula is C24H27FN8O. The van der Waals surface area contributed by atoms with Crippen LogP contribution in [0, 0.1) is 12.7 Å². The number of fused-ring (bicyclic) bond motifs is 1. The number of aromatic amines is 2. The summed E-state index contributed by atoms with van der Waals surface area (Å²) in [7, 11) is 2.10. The summed E-state index contributed by atoms with van der Waals surface area (Å²) >= 11 is 0. The molecule has 0 saturated carbocycles. The molecule has 4 heterocycles. The molecule has 0 unspecified atom stereocenters. The number of ether oxygens (including phenoxy) is 1. The number of likely N-dealkylation sites (N-methyl/N-ethyl adjacent to an activating group) is 1. The predicted octanol–water partition coefficient (Wildman–Crippen LogP) is 4.45. The number of rotatable bonds is 6. The Morgan fingerprint density at radius 2 is 1.91 bits per heavy atom. The van der Waals surface area contributed by atoms with Crippen LogP contribution in [0.15, 0.2) is 36.4 Å². The van der Waals surface area contributed by atoms with Gasteiger partial charge in [-0.2, -0.15) is 15.1 Å². The molecule has 1 aromatic carbocycles. The third-order valence-electron chi connectivity index (χ3n) is 5.76. The highest BCUT2D eigenvalue weighted by Gasteiger charge is 2.19. The van der Waals surface area contributed by atoms with E-state index in [1.165, 1.54) is 0 Å². The summed E-state index contributed by atoms with van der Waals surface area (Å²) in [5.41, 5.74) is 2.46. The summed E-state index contributed by atoms with van der Waals surface area (Å²) < 4.78 is 21.0. The van der Waals surface area contributed by atoms with E-state index in [1.807, 2.05) is 38.1 Å². The van der Waals surface area contributed by atoms with Crippen molar-refractivity contribution in [2.24, 2.45) is 0 Å². The third-order valence-corrected chi connectivity index (χ3v) is 5.76. The number of aromatic nitrogens is 5. The van der Waals surface area contributed by atoms with Crippen molar-refractivity contribution in [1.82, 2.24) is 30.0 Å². The molecule has 1 saturated heterocycles. The molecule has 0 atom stereocenters. The van der Waals surface area contributed by atoms with Gasteiger partial charge in [0.1, 0.15) is 11.6 Å². The number of hydrogen-bond donors (Lipinski definition) is 3. The van der Waals surface area contributed by atoms with Gasteiger partial charge in [-0.25, -0.2) is 4.39 Å². The number of allylic oxidation sites excluding steroid dienone is 1. The highest BCUT2D eigenvalue weighted by Crippen LogP contribution is 2.31. The maximum absolute atomic E-state index is 15.1. The van der Waals surface area contributed by atoms with Crippen molar-refractivity contribution in [2.45, 2.75) is 13.8 Å². The van der Waals surface area contributed by atoms with Crippen molar-refractivity contribution in [3.63, 3.8) is 0 Å². The van der Waals surface area contributed by atoms with Crippen LogP contribution in [0.2, 0.25) is 0 Å². The first-order valence-corrected chi connectivity index (χ1v) is 11.2. The molecule has 1 aliphatic heterocycles. The molecule has 176 valence electrons. The number of anilines is 3. The Labute approximate surface area is 196 Å². The van der Waals surface area contributed by atoms with Gasteiger partial charge < -0.3 is 24.8 Å². The minimum atomic E-state index is -0.451. The molecule has 34 heavy (non-hydrogen) atoms. The van der Waals surface area contributed by atoms with Crippen molar-refractivity contribution >= 4 is 34.4 Å². The lowest BCUT2D eigenvalue weighted by atomic mass is 10.2. The Hall–Kier alpha value is -3.92. The molecule has 9 nitrogen and oxygen atoms in total. The molecule has 3 N–H and O–H groups in total. The SMILES string of the molecule is C/C=C/c1cc(Nc2cc(N3CCN(C)CC3)nc(Oc3ccc4[nH]c(C)cc4c3F)n2)n[nH]1. The molecule has 0 aliphatic carbocycles. The lowest BCUT2D eigenvalue weighted by molar-refractivity contribution is 0.311. The van der Waals surface area contributed by atoms with Gasteiger partial charge in [0.15, 0.2) is 17.4 Å². The summed E-state index contributed by atoms with van der Waals surface area (Å²) in [4.78, 5) is 16.7. The van der Waals surface area contributed by atoms with Crippen LogP contribution < -0.4 is 15.0 Å². The van der Waals surface area contributed by atoms with Gasteiger partial charge in [-0.3, -0.25) is 5.10 Å². The number of piperazine rings is 1. The van der Waals surface area contributed by atoms with Crippen molar-refractivity contribution in [1.29, 1.82) is 0 Å². The first kappa shape index (κ1) is 21.9. The fourth-order valence-electron chi connectivity index (χ4n) is 3.98. The van der Waals surface area contributed by atoms with Gasteiger partial charge in [0.05, 0.1) is 5.69 Å². The fourth-order valence-corrected chi connectivity index (χ4v) is 3.98. The van der Waals surface area contributed by atoms with E-state index in [0.29, 0.717) is 28.4 Å². The van der Waals surface area contributed by atoms with Crippen LogP contribution in [-0.2, 0) is 0 Å². The standard InChI is InChI=1S/C24H27FN8O/c1-4-5-16-13-21(31-30-16)27-20-14-22(33-10-8-32(3)9-11-33)29-24(28-20)34-19-7-6-18-17(23(19)25)12-15(2)26-18/h4-7,12-14,26H,8-11H2,1-3H3,(H2,27,28,29,30,31)/b5-4+. The van der Waals surface area contributed by atoms with Crippen LogP contribution in [0.5, 0.6) is 11.8 Å². The molecule has 0 amide bonds. The van der Waals surface area contributed by atoms with Crippen LogP contribution in [0.3, 0.4) is 0 Å². The molecule has 0 radical (unpaired) electrons. The zero-order valence-corrected chi connectivity index (χ0v) is 19.4. The summed E-state index contributed by atoms with van der Waals surface area (Å²) in [6, 6.07) is 8.93. The second-order valence-corrected chi connectivity index (χ2v) is 8.41. The Bertz CT molecular complexity index is 1340. The predicted molar refractivity (Wildman–Crippen MR) is 131 cm³/mol. The quantitative estimate of drug-likeness (QED) is 0.389. The highest BCUT2D eigenvalue weighted by atomic mass is 19.1. The van der Waals surface area contributed by atoms with Crippen LogP contribution in [0.25, 0.3) is 17.0 Å². The van der Waals surface area contributed by atoms with E-state index in [4.69, 9.17) is 4.74 Å². The molecule has 0 bridgehead atoms. The molecule has 0 spiro atoms. The fraction of sp³-hybridized carbons (Fsp3) is 0.292. The van der Waals surface area contributed by atoms with Crippen LogP contribution >= 0.6 is 0 Å². The molecule has 10 heteroatoms. The van der Waals surface area contributed by atoms with E-state index in [-0.39, 0.29) is 11.8 Å². The third kappa shape index (κ3) is 4.58. The second kappa shape index (κ2) is 9.14. The Morgan fingerprint density at radius 3 is 2.71 bits per heavy atom. The van der Waals surface area contributed by atoms with Crippen molar-refractivity contribution in [3.8, 4) is 11.8 Å². The zero-order valence-electron chi connectivity index (χ0n) is 19.4. The molecule has 4 aromatic rings. The summed E-state index contributed by atoms with van der Waals surface area (Å²) in [5.74, 6) is 1.45. The maximum Gasteiger partial charge on any atom is 0.326 e. The van der Waals surface area contributed by atoms with Crippen LogP contribution in [0.4, 0.5) is 21.8 Å². The lowest BCUT2D eigenvalue weighted by Crippen LogP contribution is -2.44. The second-order valence-electron chi connectivity index (χ2n) is 8.41. The largest absolute Gasteiger partial charge is 0.421 e.